The van der Waals surface area contributed by atoms with E-state index in [-0.39, 0.29) is 25.0 Å². The number of hydrogen-bond donors (Lipinski definition) is 0. The van der Waals surface area contributed by atoms with Crippen LogP contribution in [0.1, 0.15) is 125 Å². The molecule has 0 fully saturated rings. The highest BCUT2D eigenvalue weighted by molar-refractivity contribution is 7.91. The summed E-state index contributed by atoms with van der Waals surface area (Å²) in [5, 5.41) is 0. The summed E-state index contributed by atoms with van der Waals surface area (Å²) in [7, 11) is -7.63. The molecule has 0 saturated heterocycles. The Morgan fingerprint density at radius 1 is 0.374 bits per heavy atom. The normalized spacial score (nSPS) is 12.3. The molecule has 0 aliphatic carbocycles. The van der Waals surface area contributed by atoms with Crippen molar-refractivity contribution in [2.24, 2.45) is 0 Å². The summed E-state index contributed by atoms with van der Waals surface area (Å²) in [5.74, 6) is 3.59. The molecule has 7 aromatic carbocycles. The van der Waals surface area contributed by atoms with Crippen LogP contribution in [0.4, 0.5) is 0 Å². The van der Waals surface area contributed by atoms with Crippen LogP contribution in [0.15, 0.2) is 245 Å². The van der Waals surface area contributed by atoms with Crippen molar-refractivity contribution in [1.29, 1.82) is 0 Å². The number of hydrogen-bond acceptors (Lipinski definition) is 11. The third-order valence-electron chi connectivity index (χ3n) is 18.8. The third kappa shape index (κ3) is 13.6. The van der Waals surface area contributed by atoms with E-state index in [1.54, 1.807) is 97.6 Å². The first-order valence-corrected chi connectivity index (χ1v) is 34.5. The third-order valence-corrected chi connectivity index (χ3v) is 22.4. The molecular weight excluding hydrogens is 1170 g/mol. The number of pyridine rings is 3. The van der Waals surface area contributed by atoms with E-state index >= 15 is 0 Å². The smallest absolute Gasteiger partial charge is 0.206 e. The Balaban J connectivity index is 0.803. The molecule has 0 saturated carbocycles. The van der Waals surface area contributed by atoms with E-state index in [1.807, 2.05) is 109 Å². The Bertz CT molecular complexity index is 4290. The van der Waals surface area contributed by atoms with Gasteiger partial charge in [0.15, 0.2) is 0 Å². The molecule has 11 nitrogen and oxygen atoms in total. The van der Waals surface area contributed by atoms with Crippen LogP contribution in [0.3, 0.4) is 0 Å². The molecule has 13 heteroatoms. The molecule has 0 N–H and O–H groups in total. The lowest BCUT2D eigenvalue weighted by Gasteiger charge is -2.50. The van der Waals surface area contributed by atoms with E-state index in [0.717, 1.165) is 106 Å². The first-order chi connectivity index (χ1) is 43.8. The van der Waals surface area contributed by atoms with Crippen molar-refractivity contribution >= 4 is 19.7 Å². The van der Waals surface area contributed by atoms with Gasteiger partial charge in [-0.2, -0.15) is 0 Å². The van der Waals surface area contributed by atoms with Crippen LogP contribution in [-0.2, 0) is 30.5 Å². The predicted molar refractivity (Wildman–Crippen MR) is 364 cm³/mol. The fourth-order valence-corrected chi connectivity index (χ4v) is 14.7. The molecule has 91 heavy (non-hydrogen) atoms. The van der Waals surface area contributed by atoms with Crippen molar-refractivity contribution in [3.63, 3.8) is 0 Å². The van der Waals surface area contributed by atoms with Crippen LogP contribution < -0.4 is 18.9 Å². The quantitative estimate of drug-likeness (QED) is 0.0511. The fraction of sp³-hybridized carbons (Fsp3) is 0.269. The number of nitrogens with zero attached hydrogens (tertiary/aromatic N) is 3. The Morgan fingerprint density at radius 3 is 1.24 bits per heavy atom. The van der Waals surface area contributed by atoms with Gasteiger partial charge in [-0.3, -0.25) is 15.0 Å². The standard InChI is InChI=1S/C78H81N3O8S2/c1-11-75(8,9)60-27-39-66(40-28-60)90(82,83)68-43-35-63(36-44-68)86-62-31-24-56(25-32-62)72-47-26-57(54-81-72)55-22-33-65(34-23-55)88-78(16-6,17-7)77(14-4,15-5)61-29-41-67(42-30-61)91(84,85)69-45-37-64(38-46-69)87-73-50-71(59-21-19-49-80-53-59)74(89-76(10,12-2)13-3)51-70(73)58-20-18-48-79-52-58/h18-54H,11-17H2,1-10H3. The Kier molecular flexibility index (Phi) is 19.5. The van der Waals surface area contributed by atoms with Gasteiger partial charge in [-0.25, -0.2) is 16.8 Å². The molecule has 0 bridgehead atoms. The monoisotopic (exact) mass is 1250 g/mol. The SMILES string of the molecule is CCC(C)(CC)Oc1cc(-c2cccnc2)c(Oc2ccc(S(=O)(=O)c3ccc(C(CC)(CC)C(CC)(CC)Oc4ccc(-c5ccc(-c6ccc(Oc7ccc(S(=O)(=O)c8ccc(C(C)(C)CC)cc8)cc7)cc6)nc5)cc4)cc3)cc2)cc1-c1cccnc1. The second-order valence-corrected chi connectivity index (χ2v) is 28.0. The Hall–Kier alpha value is -8.91. The highest BCUT2D eigenvalue weighted by Gasteiger charge is 2.50. The highest BCUT2D eigenvalue weighted by atomic mass is 32.2. The Labute approximate surface area is 538 Å². The van der Waals surface area contributed by atoms with Crippen LogP contribution in [0.5, 0.6) is 34.5 Å². The first kappa shape index (κ1) is 65.1. The zero-order valence-corrected chi connectivity index (χ0v) is 55.4. The lowest BCUT2D eigenvalue weighted by atomic mass is 9.61. The second-order valence-electron chi connectivity index (χ2n) is 24.1. The largest absolute Gasteiger partial charge is 0.487 e. The number of benzene rings is 7. The van der Waals surface area contributed by atoms with Crippen molar-refractivity contribution in [3.05, 3.63) is 236 Å². The minimum atomic E-state index is -3.93. The van der Waals surface area contributed by atoms with Gasteiger partial charge < -0.3 is 18.9 Å². The molecule has 0 unspecified atom stereocenters. The van der Waals surface area contributed by atoms with Gasteiger partial charge in [-0.15, -0.1) is 0 Å². The maximum Gasteiger partial charge on any atom is 0.206 e. The van der Waals surface area contributed by atoms with Crippen LogP contribution in [0.25, 0.3) is 44.6 Å². The van der Waals surface area contributed by atoms with Crippen molar-refractivity contribution in [3.8, 4) is 79.1 Å². The van der Waals surface area contributed by atoms with Crippen LogP contribution >= 0.6 is 0 Å². The zero-order chi connectivity index (χ0) is 64.6. The van der Waals surface area contributed by atoms with Crippen LogP contribution in [-0.4, -0.2) is 43.0 Å². The summed E-state index contributed by atoms with van der Waals surface area (Å²) < 4.78 is 82.6. The number of ether oxygens (including phenoxy) is 4. The van der Waals surface area contributed by atoms with E-state index < -0.39 is 36.3 Å². The van der Waals surface area contributed by atoms with Gasteiger partial charge in [0.05, 0.1) is 25.3 Å². The number of aromatic nitrogens is 3. The van der Waals surface area contributed by atoms with Gasteiger partial charge in [0.25, 0.3) is 0 Å². The summed E-state index contributed by atoms with van der Waals surface area (Å²) >= 11 is 0. The highest BCUT2D eigenvalue weighted by Crippen LogP contribution is 2.49. The van der Waals surface area contributed by atoms with Crippen molar-refractivity contribution in [2.75, 3.05) is 0 Å². The van der Waals surface area contributed by atoms with Crippen LogP contribution in [0, 0.1) is 0 Å². The van der Waals surface area contributed by atoms with E-state index in [2.05, 4.69) is 97.4 Å². The van der Waals surface area contributed by atoms with Crippen molar-refractivity contribution in [1.82, 2.24) is 15.0 Å². The Morgan fingerprint density at radius 2 is 0.802 bits per heavy atom. The molecule has 10 rings (SSSR count). The average Bonchev–Trinajstić information content (AvgIpc) is 0.791. The van der Waals surface area contributed by atoms with E-state index in [4.69, 9.17) is 23.9 Å². The fourth-order valence-electron chi connectivity index (χ4n) is 12.1. The van der Waals surface area contributed by atoms with E-state index in [0.29, 0.717) is 28.7 Å². The molecule has 0 atom stereocenters. The molecular formula is C78H81N3O8S2. The topological polar surface area (TPSA) is 144 Å². The van der Waals surface area contributed by atoms with E-state index in [1.165, 1.54) is 0 Å². The van der Waals surface area contributed by atoms with E-state index in [9.17, 15) is 16.8 Å². The van der Waals surface area contributed by atoms with Gasteiger partial charge in [-0.1, -0.05) is 117 Å². The molecule has 0 aliphatic heterocycles. The molecule has 0 spiro atoms. The summed E-state index contributed by atoms with van der Waals surface area (Å²) in [4.78, 5) is 14.4. The summed E-state index contributed by atoms with van der Waals surface area (Å²) in [6, 6.07) is 59.2. The number of sulfone groups is 2. The van der Waals surface area contributed by atoms with Crippen LogP contribution in [0.2, 0.25) is 0 Å². The average molecular weight is 1250 g/mol. The zero-order valence-electron chi connectivity index (χ0n) is 53.7. The first-order valence-electron chi connectivity index (χ1n) is 31.6. The molecule has 10 aromatic rings. The molecule has 3 heterocycles. The minimum Gasteiger partial charge on any atom is -0.487 e. The summed E-state index contributed by atoms with van der Waals surface area (Å²) in [6.45, 7) is 21.5. The summed E-state index contributed by atoms with van der Waals surface area (Å²) in [6.07, 6.45) is 14.5. The lowest BCUT2D eigenvalue weighted by molar-refractivity contribution is -0.0283. The molecule has 0 amide bonds. The summed E-state index contributed by atoms with van der Waals surface area (Å²) in [5.41, 5.74) is 7.55. The molecule has 0 radical (unpaired) electrons. The lowest BCUT2D eigenvalue weighted by Crippen LogP contribution is -2.54. The van der Waals surface area contributed by atoms with Gasteiger partial charge in [-0.05, 0) is 214 Å². The van der Waals surface area contributed by atoms with Gasteiger partial charge in [0.2, 0.25) is 19.7 Å². The van der Waals surface area contributed by atoms with Gasteiger partial charge in [0, 0.05) is 69.8 Å². The maximum absolute atomic E-state index is 14.4. The second kappa shape index (κ2) is 27.3. The maximum atomic E-state index is 14.4. The predicted octanol–water partition coefficient (Wildman–Crippen LogP) is 20.1. The van der Waals surface area contributed by atoms with Gasteiger partial charge in [0.1, 0.15) is 45.7 Å². The molecule has 0 aliphatic rings. The van der Waals surface area contributed by atoms with Gasteiger partial charge >= 0.3 is 0 Å². The van der Waals surface area contributed by atoms with Crippen molar-refractivity contribution < 1.29 is 35.8 Å². The minimum absolute atomic E-state index is 0.0375. The molecule has 3 aromatic heterocycles. The number of rotatable bonds is 26. The molecule has 468 valence electrons. The van der Waals surface area contributed by atoms with Crippen molar-refractivity contribution in [2.45, 2.75) is 156 Å².